The summed E-state index contributed by atoms with van der Waals surface area (Å²) in [4.78, 5) is 12.7. The van der Waals surface area contributed by atoms with Crippen LogP contribution in [0.1, 0.15) is 71.2 Å². The van der Waals surface area contributed by atoms with Gasteiger partial charge in [-0.25, -0.2) is 4.68 Å². The van der Waals surface area contributed by atoms with E-state index in [1.54, 1.807) is 9.25 Å². The highest BCUT2D eigenvalue weighted by molar-refractivity contribution is 7.71. The molecule has 0 saturated carbocycles. The maximum Gasteiger partial charge on any atom is 0.281 e. The molecule has 0 amide bonds. The molecule has 4 nitrogen and oxygen atoms in total. The second-order valence-corrected chi connectivity index (χ2v) is 6.28. The fourth-order valence-electron chi connectivity index (χ4n) is 2.55. The van der Waals surface area contributed by atoms with Gasteiger partial charge in [0, 0.05) is 12.1 Å². The maximum atomic E-state index is 12.7. The van der Waals surface area contributed by atoms with Crippen molar-refractivity contribution in [1.29, 1.82) is 0 Å². The van der Waals surface area contributed by atoms with Gasteiger partial charge in [0.25, 0.3) is 5.56 Å². The van der Waals surface area contributed by atoms with Crippen molar-refractivity contribution in [2.75, 3.05) is 0 Å². The molecule has 0 bridgehead atoms. The van der Waals surface area contributed by atoms with E-state index in [0.717, 1.165) is 24.8 Å². The van der Waals surface area contributed by atoms with E-state index in [9.17, 15) is 4.79 Å². The first-order valence-corrected chi connectivity index (χ1v) is 7.79. The summed E-state index contributed by atoms with van der Waals surface area (Å²) in [6, 6.07) is 0.196. The van der Waals surface area contributed by atoms with E-state index >= 15 is 0 Å². The molecule has 0 N–H and O–H groups in total. The summed E-state index contributed by atoms with van der Waals surface area (Å²) >= 11 is 5.44. The van der Waals surface area contributed by atoms with E-state index in [4.69, 9.17) is 12.2 Å². The largest absolute Gasteiger partial charge is 0.281 e. The Balaban J connectivity index is 2.72. The second kappa shape index (κ2) is 6.04. The fraction of sp³-hybridized carbons (Fsp3) is 0.667. The van der Waals surface area contributed by atoms with E-state index in [0.29, 0.717) is 10.5 Å². The van der Waals surface area contributed by atoms with Gasteiger partial charge < -0.3 is 0 Å². The molecule has 0 fully saturated rings. The summed E-state index contributed by atoms with van der Waals surface area (Å²) in [6.45, 7) is 8.05. The van der Waals surface area contributed by atoms with Crippen molar-refractivity contribution in [2.24, 2.45) is 0 Å². The molecule has 0 spiro atoms. The van der Waals surface area contributed by atoms with E-state index < -0.39 is 0 Å². The Morgan fingerprint density at radius 3 is 2.40 bits per heavy atom. The van der Waals surface area contributed by atoms with Gasteiger partial charge in [-0.3, -0.25) is 9.36 Å². The summed E-state index contributed by atoms with van der Waals surface area (Å²) in [6.07, 6.45) is 6.47. The number of allylic oxidation sites excluding steroid dienone is 2. The monoisotopic (exact) mass is 293 g/mol. The number of rotatable bonds is 3. The standard InChI is InChI=1S/C15H23N3OS/c1-10(2)17-14(19)13(12-8-6-5-7-9-12)16-18(11(3)4)15(17)20/h8,10-11H,5-7,9H2,1-4H3. The quantitative estimate of drug-likeness (QED) is 0.794. The Kier molecular flexibility index (Phi) is 4.58. The van der Waals surface area contributed by atoms with Crippen LogP contribution >= 0.6 is 12.2 Å². The van der Waals surface area contributed by atoms with Crippen molar-refractivity contribution >= 4 is 17.8 Å². The van der Waals surface area contributed by atoms with Crippen LogP contribution in [0.25, 0.3) is 5.57 Å². The van der Waals surface area contributed by atoms with E-state index in [1.165, 1.54) is 6.42 Å². The first-order valence-electron chi connectivity index (χ1n) is 7.38. The topological polar surface area (TPSA) is 39.8 Å². The lowest BCUT2D eigenvalue weighted by atomic mass is 9.97. The Bertz CT molecular complexity index is 637. The van der Waals surface area contributed by atoms with Gasteiger partial charge in [-0.15, -0.1) is 0 Å². The van der Waals surface area contributed by atoms with E-state index in [2.05, 4.69) is 11.2 Å². The third-order valence-electron chi connectivity index (χ3n) is 3.63. The summed E-state index contributed by atoms with van der Waals surface area (Å²) in [5, 5.41) is 4.55. The minimum atomic E-state index is -0.0462. The molecule has 0 unspecified atom stereocenters. The molecule has 1 aliphatic rings. The van der Waals surface area contributed by atoms with E-state index in [1.807, 2.05) is 27.7 Å². The van der Waals surface area contributed by atoms with Gasteiger partial charge in [-0.1, -0.05) is 6.08 Å². The van der Waals surface area contributed by atoms with Gasteiger partial charge in [0.2, 0.25) is 0 Å². The van der Waals surface area contributed by atoms with Crippen LogP contribution in [0.3, 0.4) is 0 Å². The predicted octanol–water partition coefficient (Wildman–Crippen LogP) is 3.89. The molecule has 110 valence electrons. The predicted molar refractivity (Wildman–Crippen MR) is 84.5 cm³/mol. The number of hydrogen-bond donors (Lipinski definition) is 0. The Labute approximate surface area is 125 Å². The zero-order valence-corrected chi connectivity index (χ0v) is 13.5. The Morgan fingerprint density at radius 1 is 1.20 bits per heavy atom. The lowest BCUT2D eigenvalue weighted by Crippen LogP contribution is -2.32. The first-order chi connectivity index (χ1) is 9.43. The lowest BCUT2D eigenvalue weighted by molar-refractivity contribution is 0.437. The molecule has 0 atom stereocenters. The molecule has 1 heterocycles. The van der Waals surface area contributed by atoms with Crippen LogP contribution in [-0.4, -0.2) is 14.3 Å². The number of aromatic nitrogens is 3. The summed E-state index contributed by atoms with van der Waals surface area (Å²) in [5.74, 6) is 0. The summed E-state index contributed by atoms with van der Waals surface area (Å²) in [7, 11) is 0. The van der Waals surface area contributed by atoms with Crippen molar-refractivity contribution < 1.29 is 0 Å². The molecular formula is C15H23N3OS. The van der Waals surface area contributed by atoms with Gasteiger partial charge in [-0.05, 0) is 71.2 Å². The van der Waals surface area contributed by atoms with Gasteiger partial charge in [0.15, 0.2) is 10.5 Å². The van der Waals surface area contributed by atoms with Crippen LogP contribution in [0.5, 0.6) is 0 Å². The van der Waals surface area contributed by atoms with Crippen LogP contribution in [0.2, 0.25) is 0 Å². The first kappa shape index (κ1) is 15.2. The molecular weight excluding hydrogens is 270 g/mol. The zero-order valence-electron chi connectivity index (χ0n) is 12.7. The highest BCUT2D eigenvalue weighted by atomic mass is 32.1. The van der Waals surface area contributed by atoms with Crippen molar-refractivity contribution in [3.63, 3.8) is 0 Å². The molecule has 2 rings (SSSR count). The highest BCUT2D eigenvalue weighted by Gasteiger charge is 2.18. The smallest absolute Gasteiger partial charge is 0.280 e. The second-order valence-electron chi connectivity index (χ2n) is 5.91. The number of nitrogens with zero attached hydrogens (tertiary/aromatic N) is 3. The molecule has 5 heteroatoms. The molecule has 1 aliphatic carbocycles. The lowest BCUT2D eigenvalue weighted by Gasteiger charge is -2.20. The van der Waals surface area contributed by atoms with Gasteiger partial charge in [0.1, 0.15) is 0 Å². The summed E-state index contributed by atoms with van der Waals surface area (Å²) < 4.78 is 3.99. The van der Waals surface area contributed by atoms with Crippen LogP contribution in [0.15, 0.2) is 10.9 Å². The van der Waals surface area contributed by atoms with Gasteiger partial charge >= 0.3 is 0 Å². The Morgan fingerprint density at radius 2 is 1.90 bits per heavy atom. The van der Waals surface area contributed by atoms with Gasteiger partial charge in [-0.2, -0.15) is 5.10 Å². The molecule has 0 radical (unpaired) electrons. The normalized spacial score (nSPS) is 15.8. The van der Waals surface area contributed by atoms with Gasteiger partial charge in [0.05, 0.1) is 0 Å². The molecule has 0 saturated heterocycles. The van der Waals surface area contributed by atoms with Crippen LogP contribution in [-0.2, 0) is 0 Å². The van der Waals surface area contributed by atoms with Crippen LogP contribution in [0, 0.1) is 4.77 Å². The maximum absolute atomic E-state index is 12.7. The van der Waals surface area contributed by atoms with Crippen molar-refractivity contribution in [3.8, 4) is 0 Å². The minimum Gasteiger partial charge on any atom is -0.280 e. The average molecular weight is 293 g/mol. The number of hydrogen-bond acceptors (Lipinski definition) is 3. The molecule has 0 aliphatic heterocycles. The Hall–Kier alpha value is -1.23. The summed E-state index contributed by atoms with van der Waals surface area (Å²) in [5.41, 5.74) is 1.62. The third kappa shape index (κ3) is 2.77. The zero-order chi connectivity index (χ0) is 14.9. The molecule has 20 heavy (non-hydrogen) atoms. The highest BCUT2D eigenvalue weighted by Crippen LogP contribution is 2.24. The molecule has 1 aromatic heterocycles. The van der Waals surface area contributed by atoms with Crippen LogP contribution < -0.4 is 5.56 Å². The SMILES string of the molecule is CC(C)n1nc(C2=CCCCC2)c(=O)n(C(C)C)c1=S. The van der Waals surface area contributed by atoms with Crippen LogP contribution in [0.4, 0.5) is 0 Å². The van der Waals surface area contributed by atoms with E-state index in [-0.39, 0.29) is 17.6 Å². The average Bonchev–Trinajstić information content (AvgIpc) is 2.39. The van der Waals surface area contributed by atoms with Crippen molar-refractivity contribution in [2.45, 2.75) is 65.5 Å². The van der Waals surface area contributed by atoms with Crippen molar-refractivity contribution in [3.05, 3.63) is 26.9 Å². The minimum absolute atomic E-state index is 0.0462. The fourth-order valence-corrected chi connectivity index (χ4v) is 3.10. The van der Waals surface area contributed by atoms with Crippen molar-refractivity contribution in [1.82, 2.24) is 14.3 Å². The molecule has 0 aromatic carbocycles. The third-order valence-corrected chi connectivity index (χ3v) is 4.02. The molecule has 1 aromatic rings.